The summed E-state index contributed by atoms with van der Waals surface area (Å²) >= 11 is 5.77. The zero-order valence-electron chi connectivity index (χ0n) is 8.32. The van der Waals surface area contributed by atoms with Crippen molar-refractivity contribution in [3.8, 4) is 0 Å². The first-order chi connectivity index (χ1) is 6.86. The Morgan fingerprint density at radius 1 is 1.33 bits per heavy atom. The molecule has 1 N–H and O–H groups in total. The van der Waals surface area contributed by atoms with E-state index >= 15 is 0 Å². The maximum absolute atomic E-state index is 12.3. The van der Waals surface area contributed by atoms with Crippen LogP contribution in [0.2, 0.25) is 5.02 Å². The van der Waals surface area contributed by atoms with Crippen molar-refractivity contribution in [2.24, 2.45) is 0 Å². The molecule has 0 aromatic heterocycles. The van der Waals surface area contributed by atoms with Gasteiger partial charge in [0.2, 0.25) is 0 Å². The smallest absolute Gasteiger partial charge is 0.313 e. The Morgan fingerprint density at radius 3 is 2.33 bits per heavy atom. The Balaban J connectivity index is 3.09. The molecular formula is C10H11ClF3N. The quantitative estimate of drug-likeness (QED) is 0.828. The maximum Gasteiger partial charge on any atom is 0.416 e. The van der Waals surface area contributed by atoms with Gasteiger partial charge in [-0.3, -0.25) is 0 Å². The molecule has 1 atom stereocenters. The Morgan fingerprint density at radius 2 is 1.93 bits per heavy atom. The first kappa shape index (κ1) is 12.3. The molecule has 0 saturated carbocycles. The second kappa shape index (κ2) is 4.41. The summed E-state index contributed by atoms with van der Waals surface area (Å²) in [5, 5.41) is 3.05. The van der Waals surface area contributed by atoms with E-state index in [1.54, 1.807) is 7.05 Å². The zero-order chi connectivity index (χ0) is 11.6. The molecule has 0 unspecified atom stereocenters. The number of benzene rings is 1. The van der Waals surface area contributed by atoms with Crippen molar-refractivity contribution in [3.05, 3.63) is 34.3 Å². The predicted octanol–water partition coefficient (Wildman–Crippen LogP) is 3.64. The SMILES string of the molecule is CN[C@@H](C)c1ccc(C(F)(F)F)cc1Cl. The molecule has 0 aliphatic heterocycles. The van der Waals surface area contributed by atoms with Gasteiger partial charge in [-0.1, -0.05) is 17.7 Å². The Kier molecular flexibility index (Phi) is 3.62. The number of hydrogen-bond donors (Lipinski definition) is 1. The molecule has 1 aromatic rings. The van der Waals surface area contributed by atoms with Crippen LogP contribution in [0, 0.1) is 0 Å². The lowest BCUT2D eigenvalue weighted by molar-refractivity contribution is -0.137. The molecule has 0 radical (unpaired) electrons. The lowest BCUT2D eigenvalue weighted by atomic mass is 10.1. The second-order valence-electron chi connectivity index (χ2n) is 3.24. The lowest BCUT2D eigenvalue weighted by Gasteiger charge is -2.14. The van der Waals surface area contributed by atoms with Gasteiger partial charge >= 0.3 is 6.18 Å². The van der Waals surface area contributed by atoms with Gasteiger partial charge < -0.3 is 5.32 Å². The summed E-state index contributed by atoms with van der Waals surface area (Å²) in [5.41, 5.74) is -0.0632. The van der Waals surface area contributed by atoms with Crippen molar-refractivity contribution in [2.75, 3.05) is 7.05 Å². The zero-order valence-corrected chi connectivity index (χ0v) is 9.08. The molecule has 1 nitrogen and oxygen atoms in total. The van der Waals surface area contributed by atoms with Gasteiger partial charge in [0.25, 0.3) is 0 Å². The van der Waals surface area contributed by atoms with Crippen LogP contribution in [0.1, 0.15) is 24.1 Å². The van der Waals surface area contributed by atoms with Crippen LogP contribution in [0.15, 0.2) is 18.2 Å². The maximum atomic E-state index is 12.3. The minimum Gasteiger partial charge on any atom is -0.313 e. The minimum absolute atomic E-state index is 0.0696. The van der Waals surface area contributed by atoms with Gasteiger partial charge in [0.05, 0.1) is 5.56 Å². The largest absolute Gasteiger partial charge is 0.416 e. The molecule has 0 aliphatic carbocycles. The van der Waals surface area contributed by atoms with Crippen molar-refractivity contribution < 1.29 is 13.2 Å². The average Bonchev–Trinajstić information content (AvgIpc) is 2.15. The van der Waals surface area contributed by atoms with Gasteiger partial charge in [0.1, 0.15) is 0 Å². The summed E-state index contributed by atoms with van der Waals surface area (Å²) in [7, 11) is 1.72. The van der Waals surface area contributed by atoms with Crippen molar-refractivity contribution in [1.29, 1.82) is 0 Å². The third-order valence-corrected chi connectivity index (χ3v) is 2.55. The molecule has 0 bridgehead atoms. The van der Waals surface area contributed by atoms with Gasteiger partial charge in [0.15, 0.2) is 0 Å². The number of alkyl halides is 3. The van der Waals surface area contributed by atoms with Crippen LogP contribution in [-0.2, 0) is 6.18 Å². The summed E-state index contributed by atoms with van der Waals surface area (Å²) in [4.78, 5) is 0. The van der Waals surface area contributed by atoms with Crippen molar-refractivity contribution in [2.45, 2.75) is 19.1 Å². The molecule has 0 saturated heterocycles. The fraction of sp³-hybridized carbons (Fsp3) is 0.400. The average molecular weight is 238 g/mol. The van der Waals surface area contributed by atoms with Crippen LogP contribution in [0.3, 0.4) is 0 Å². The fourth-order valence-electron chi connectivity index (χ4n) is 1.21. The van der Waals surface area contributed by atoms with Crippen molar-refractivity contribution in [3.63, 3.8) is 0 Å². The highest BCUT2D eigenvalue weighted by molar-refractivity contribution is 6.31. The highest BCUT2D eigenvalue weighted by atomic mass is 35.5. The predicted molar refractivity (Wildman–Crippen MR) is 53.9 cm³/mol. The molecule has 1 aromatic carbocycles. The standard InChI is InChI=1S/C10H11ClF3N/c1-6(15-2)8-4-3-7(5-9(8)11)10(12,13)14/h3-6,15H,1-2H3/t6-/m0/s1. The van der Waals surface area contributed by atoms with E-state index in [9.17, 15) is 13.2 Å². The summed E-state index contributed by atoms with van der Waals surface area (Å²) < 4.78 is 36.9. The molecule has 15 heavy (non-hydrogen) atoms. The monoisotopic (exact) mass is 237 g/mol. The first-order valence-electron chi connectivity index (χ1n) is 4.40. The normalized spacial score (nSPS) is 14.0. The van der Waals surface area contributed by atoms with E-state index in [1.807, 2.05) is 6.92 Å². The van der Waals surface area contributed by atoms with E-state index in [0.717, 1.165) is 12.1 Å². The summed E-state index contributed by atoms with van der Waals surface area (Å²) in [6.45, 7) is 1.83. The van der Waals surface area contributed by atoms with E-state index in [-0.39, 0.29) is 11.1 Å². The molecule has 5 heteroatoms. The number of nitrogens with one attached hydrogen (secondary N) is 1. The van der Waals surface area contributed by atoms with Gasteiger partial charge in [-0.2, -0.15) is 13.2 Å². The molecule has 0 aliphatic rings. The Hall–Kier alpha value is -0.740. The second-order valence-corrected chi connectivity index (χ2v) is 3.65. The van der Waals surface area contributed by atoms with Gasteiger partial charge in [-0.05, 0) is 31.7 Å². The van der Waals surface area contributed by atoms with Crippen LogP contribution in [0.5, 0.6) is 0 Å². The van der Waals surface area contributed by atoms with Gasteiger partial charge in [-0.25, -0.2) is 0 Å². The highest BCUT2D eigenvalue weighted by Gasteiger charge is 2.31. The molecule has 0 fully saturated rings. The fourth-order valence-corrected chi connectivity index (χ4v) is 1.55. The third-order valence-electron chi connectivity index (χ3n) is 2.23. The first-order valence-corrected chi connectivity index (χ1v) is 4.78. The summed E-state index contributed by atoms with van der Waals surface area (Å²) in [6, 6.07) is 3.31. The van der Waals surface area contributed by atoms with E-state index in [1.165, 1.54) is 6.07 Å². The molecule has 0 amide bonds. The van der Waals surface area contributed by atoms with Crippen LogP contribution in [0.4, 0.5) is 13.2 Å². The number of hydrogen-bond acceptors (Lipinski definition) is 1. The highest BCUT2D eigenvalue weighted by Crippen LogP contribution is 2.33. The van der Waals surface area contributed by atoms with Crippen LogP contribution in [0.25, 0.3) is 0 Å². The van der Waals surface area contributed by atoms with E-state index in [2.05, 4.69) is 5.32 Å². The van der Waals surface area contributed by atoms with Crippen molar-refractivity contribution in [1.82, 2.24) is 5.32 Å². The lowest BCUT2D eigenvalue weighted by Crippen LogP contribution is -2.13. The van der Waals surface area contributed by atoms with Crippen LogP contribution >= 0.6 is 11.6 Å². The minimum atomic E-state index is -4.34. The third kappa shape index (κ3) is 2.86. The van der Waals surface area contributed by atoms with Gasteiger partial charge in [-0.15, -0.1) is 0 Å². The Labute approximate surface area is 91.2 Å². The van der Waals surface area contributed by atoms with E-state index < -0.39 is 11.7 Å². The molecule has 84 valence electrons. The Bertz CT molecular complexity index is 349. The van der Waals surface area contributed by atoms with Crippen molar-refractivity contribution >= 4 is 11.6 Å². The molecule has 1 rings (SSSR count). The number of rotatable bonds is 2. The topological polar surface area (TPSA) is 12.0 Å². The summed E-state index contributed by atoms with van der Waals surface area (Å²) in [5.74, 6) is 0. The number of halogens is 4. The van der Waals surface area contributed by atoms with Gasteiger partial charge in [0, 0.05) is 11.1 Å². The molecular weight excluding hydrogens is 227 g/mol. The summed E-state index contributed by atoms with van der Waals surface area (Å²) in [6.07, 6.45) is -4.34. The van der Waals surface area contributed by atoms with Crippen LogP contribution < -0.4 is 5.32 Å². The molecule has 0 spiro atoms. The molecule has 0 heterocycles. The van der Waals surface area contributed by atoms with E-state index in [4.69, 9.17) is 11.6 Å². The van der Waals surface area contributed by atoms with Crippen LogP contribution in [-0.4, -0.2) is 7.05 Å². The van der Waals surface area contributed by atoms with E-state index in [0.29, 0.717) is 5.56 Å².